The molecule has 0 radical (unpaired) electrons. The highest BCUT2D eigenvalue weighted by atomic mass is 35.5. The van der Waals surface area contributed by atoms with E-state index in [1.54, 1.807) is 25.3 Å². The molecule has 0 saturated heterocycles. The monoisotopic (exact) mass is 470 g/mol. The van der Waals surface area contributed by atoms with E-state index in [0.717, 1.165) is 18.4 Å². The van der Waals surface area contributed by atoms with Gasteiger partial charge in [-0.1, -0.05) is 23.2 Å². The van der Waals surface area contributed by atoms with E-state index in [1.165, 1.54) is 12.4 Å². The number of imidazole rings is 1. The minimum atomic E-state index is -0.225. The summed E-state index contributed by atoms with van der Waals surface area (Å²) >= 11 is 12.7. The first kappa shape index (κ1) is 20.8. The van der Waals surface area contributed by atoms with Gasteiger partial charge in [-0.25, -0.2) is 9.97 Å². The van der Waals surface area contributed by atoms with Crippen LogP contribution in [0, 0.1) is 0 Å². The molecular weight excluding hydrogens is 451 g/mol. The van der Waals surface area contributed by atoms with Crippen LogP contribution in [-0.2, 0) is 6.54 Å². The van der Waals surface area contributed by atoms with Gasteiger partial charge < -0.3 is 19.1 Å². The average molecular weight is 471 g/mol. The van der Waals surface area contributed by atoms with Crippen LogP contribution in [-0.4, -0.2) is 37.3 Å². The second kappa shape index (κ2) is 7.83. The summed E-state index contributed by atoms with van der Waals surface area (Å²) in [6.07, 6.45) is 3.41. The van der Waals surface area contributed by atoms with E-state index in [1.807, 2.05) is 23.6 Å². The van der Waals surface area contributed by atoms with Gasteiger partial charge in [-0.2, -0.15) is 4.98 Å². The molecule has 0 unspecified atom stereocenters. The quantitative estimate of drug-likeness (QED) is 0.400. The predicted octanol–water partition coefficient (Wildman–Crippen LogP) is 5.49. The fourth-order valence-electron chi connectivity index (χ4n) is 3.58. The number of hydrogen-bond acceptors (Lipinski definition) is 6. The number of benzene rings is 2. The third-order valence-electron chi connectivity index (χ3n) is 5.56. The van der Waals surface area contributed by atoms with Crippen LogP contribution < -0.4 is 9.47 Å². The molecule has 7 nitrogen and oxygen atoms in total. The van der Waals surface area contributed by atoms with Crippen molar-refractivity contribution in [3.05, 3.63) is 58.3 Å². The molecule has 1 aliphatic rings. The van der Waals surface area contributed by atoms with Gasteiger partial charge in [0.2, 0.25) is 5.88 Å². The van der Waals surface area contributed by atoms with Gasteiger partial charge in [-0.3, -0.25) is 0 Å². The van der Waals surface area contributed by atoms with Crippen LogP contribution in [0.4, 0.5) is 0 Å². The molecule has 1 aliphatic carbocycles. The highest BCUT2D eigenvalue weighted by Gasteiger charge is 2.41. The minimum Gasteiger partial charge on any atom is -0.508 e. The van der Waals surface area contributed by atoms with Crippen LogP contribution in [0.1, 0.15) is 25.3 Å². The summed E-state index contributed by atoms with van der Waals surface area (Å²) in [6, 6.07) is 10.2. The van der Waals surface area contributed by atoms with Crippen molar-refractivity contribution < 1.29 is 14.6 Å². The maximum atomic E-state index is 9.82. The highest BCUT2D eigenvalue weighted by molar-refractivity contribution is 6.33. The molecule has 0 amide bonds. The van der Waals surface area contributed by atoms with Gasteiger partial charge in [0.05, 0.1) is 18.7 Å². The van der Waals surface area contributed by atoms with Gasteiger partial charge in [-0.05, 0) is 56.2 Å². The number of methoxy groups -OCH3 is 1. The van der Waals surface area contributed by atoms with Gasteiger partial charge >= 0.3 is 0 Å². The Bertz CT molecular complexity index is 1330. The molecule has 1 fully saturated rings. The molecule has 0 bridgehead atoms. The molecule has 2 heterocycles. The van der Waals surface area contributed by atoms with Gasteiger partial charge in [0.15, 0.2) is 11.2 Å². The first-order chi connectivity index (χ1) is 15.4. The van der Waals surface area contributed by atoms with Crippen molar-refractivity contribution in [3.8, 4) is 28.8 Å². The van der Waals surface area contributed by atoms with Crippen molar-refractivity contribution in [1.29, 1.82) is 0 Å². The Hall–Kier alpha value is -3.03. The summed E-state index contributed by atoms with van der Waals surface area (Å²) in [5.41, 5.74) is 2.41. The molecule has 1 saturated carbocycles. The minimum absolute atomic E-state index is 0.0726. The number of phenols is 1. The van der Waals surface area contributed by atoms with E-state index in [4.69, 9.17) is 37.7 Å². The number of aromatic hydroxyl groups is 1. The molecule has 1 N–H and O–H groups in total. The van der Waals surface area contributed by atoms with E-state index in [2.05, 4.69) is 9.97 Å². The van der Waals surface area contributed by atoms with Crippen LogP contribution in [0.3, 0.4) is 0 Å². The third kappa shape index (κ3) is 3.82. The van der Waals surface area contributed by atoms with Crippen molar-refractivity contribution >= 4 is 34.4 Å². The topological polar surface area (TPSA) is 82.3 Å². The molecule has 164 valence electrons. The van der Waals surface area contributed by atoms with Crippen molar-refractivity contribution in [1.82, 2.24) is 19.5 Å². The number of ether oxygens (including phenoxy) is 2. The van der Waals surface area contributed by atoms with Gasteiger partial charge in [0.1, 0.15) is 29.3 Å². The lowest BCUT2D eigenvalue weighted by molar-refractivity contribution is 0.194. The van der Waals surface area contributed by atoms with Gasteiger partial charge in [-0.15, -0.1) is 0 Å². The zero-order valence-electron chi connectivity index (χ0n) is 17.5. The second-order valence-electron chi connectivity index (χ2n) is 8.04. The highest BCUT2D eigenvalue weighted by Crippen LogP contribution is 2.41. The first-order valence-corrected chi connectivity index (χ1v) is 10.8. The lowest BCUT2D eigenvalue weighted by atomic mass is 10.1. The standard InChI is InChI=1S/C23H20Cl2N4O3/c1-23(7-8-23)32-22-19-21(26-12-27-22)29(11-13-9-14(24)3-6-18(13)31-2)20(28-19)16-5-4-15(30)10-17(16)25/h3-6,9-10,12,30H,7-8,11H2,1-2H3. The van der Waals surface area contributed by atoms with Crippen molar-refractivity contribution in [2.75, 3.05) is 7.11 Å². The lowest BCUT2D eigenvalue weighted by Gasteiger charge is -2.14. The van der Waals surface area contributed by atoms with E-state index < -0.39 is 0 Å². The number of fused-ring (bicyclic) bond motifs is 1. The molecular formula is C23H20Cl2N4O3. The summed E-state index contributed by atoms with van der Waals surface area (Å²) in [6.45, 7) is 2.42. The normalized spacial score (nSPS) is 14.5. The fourth-order valence-corrected chi connectivity index (χ4v) is 4.04. The molecule has 0 spiro atoms. The van der Waals surface area contributed by atoms with Gasteiger partial charge in [0.25, 0.3) is 0 Å². The number of hydrogen-bond donors (Lipinski definition) is 1. The molecule has 2 aromatic heterocycles. The Labute approximate surface area is 194 Å². The van der Waals surface area contributed by atoms with Crippen LogP contribution in [0.5, 0.6) is 17.4 Å². The zero-order valence-corrected chi connectivity index (χ0v) is 19.0. The summed E-state index contributed by atoms with van der Waals surface area (Å²) in [5.74, 6) is 1.76. The summed E-state index contributed by atoms with van der Waals surface area (Å²) in [5, 5.41) is 10.8. The molecule has 0 atom stereocenters. The number of aromatic nitrogens is 4. The third-order valence-corrected chi connectivity index (χ3v) is 6.11. The number of halogens is 2. The van der Waals surface area contributed by atoms with Crippen LogP contribution in [0.25, 0.3) is 22.6 Å². The Morgan fingerprint density at radius 1 is 1.12 bits per heavy atom. The largest absolute Gasteiger partial charge is 0.508 e. The van der Waals surface area contributed by atoms with E-state index in [-0.39, 0.29) is 11.4 Å². The molecule has 5 rings (SSSR count). The van der Waals surface area contributed by atoms with E-state index in [9.17, 15) is 5.11 Å². The SMILES string of the molecule is COc1ccc(Cl)cc1Cn1c(-c2ccc(O)cc2Cl)nc2c(OC3(C)CC3)ncnc21. The van der Waals surface area contributed by atoms with Crippen LogP contribution >= 0.6 is 23.2 Å². The maximum absolute atomic E-state index is 9.82. The molecule has 2 aromatic carbocycles. The fraction of sp³-hybridized carbons (Fsp3) is 0.261. The Morgan fingerprint density at radius 2 is 1.94 bits per heavy atom. The molecule has 0 aliphatic heterocycles. The molecule has 32 heavy (non-hydrogen) atoms. The number of phenolic OH excluding ortho intramolecular Hbond substituents is 1. The molecule has 4 aromatic rings. The number of rotatable bonds is 6. The Balaban J connectivity index is 1.72. The molecule has 9 heteroatoms. The van der Waals surface area contributed by atoms with Crippen molar-refractivity contribution in [2.24, 2.45) is 0 Å². The van der Waals surface area contributed by atoms with E-state index >= 15 is 0 Å². The smallest absolute Gasteiger partial charge is 0.245 e. The average Bonchev–Trinajstić information content (AvgIpc) is 3.37. The summed E-state index contributed by atoms with van der Waals surface area (Å²) < 4.78 is 13.6. The summed E-state index contributed by atoms with van der Waals surface area (Å²) in [4.78, 5) is 13.7. The maximum Gasteiger partial charge on any atom is 0.245 e. The van der Waals surface area contributed by atoms with Crippen molar-refractivity contribution in [3.63, 3.8) is 0 Å². The second-order valence-corrected chi connectivity index (χ2v) is 8.89. The predicted molar refractivity (Wildman–Crippen MR) is 123 cm³/mol. The van der Waals surface area contributed by atoms with E-state index in [0.29, 0.717) is 50.8 Å². The van der Waals surface area contributed by atoms with Crippen LogP contribution in [0.2, 0.25) is 10.0 Å². The Morgan fingerprint density at radius 3 is 2.66 bits per heavy atom. The van der Waals surface area contributed by atoms with Gasteiger partial charge in [0, 0.05) is 16.1 Å². The van der Waals surface area contributed by atoms with Crippen molar-refractivity contribution in [2.45, 2.75) is 31.9 Å². The van der Waals surface area contributed by atoms with Crippen LogP contribution in [0.15, 0.2) is 42.7 Å². The zero-order chi connectivity index (χ0) is 22.5. The lowest BCUT2D eigenvalue weighted by Crippen LogP contribution is -2.13. The number of nitrogens with zero attached hydrogens (tertiary/aromatic N) is 4. The summed E-state index contributed by atoms with van der Waals surface area (Å²) in [7, 11) is 1.61. The first-order valence-electron chi connectivity index (χ1n) is 10.1. The Kier molecular flexibility index (Phi) is 5.10.